The number of imidazole rings is 1. The Morgan fingerprint density at radius 3 is 2.64 bits per heavy atom. The summed E-state index contributed by atoms with van der Waals surface area (Å²) in [6.07, 6.45) is 7.59. The second-order valence-electron chi connectivity index (χ2n) is 9.73. The van der Waals surface area contributed by atoms with E-state index < -0.39 is 29.0 Å². The minimum Gasteiger partial charge on any atom is -0.394 e. The Morgan fingerprint density at radius 1 is 1.19 bits per heavy atom. The lowest BCUT2D eigenvalue weighted by Crippen LogP contribution is -2.40. The number of rotatable bonds is 7. The SMILES string of the molecule is C=C1C=CC(F)=CCC(C)(c2ccc(F)c(F)c2)c2cnc(SCC3CCN(CC(O)CO)CC3)n21. The van der Waals surface area contributed by atoms with E-state index in [-0.39, 0.29) is 13.0 Å². The van der Waals surface area contributed by atoms with Crippen LogP contribution in [0.5, 0.6) is 0 Å². The number of β-amino-alcohol motifs (C(OH)–C–C–N with tert-alkyl or cyclic N) is 1. The molecule has 2 N–H and O–H groups in total. The molecule has 2 atom stereocenters. The van der Waals surface area contributed by atoms with Crippen molar-refractivity contribution in [1.29, 1.82) is 0 Å². The monoisotopic (exact) mass is 519 g/mol. The maximum Gasteiger partial charge on any atom is 0.172 e. The molecule has 0 amide bonds. The average molecular weight is 520 g/mol. The quantitative estimate of drug-likeness (QED) is 0.509. The van der Waals surface area contributed by atoms with E-state index in [0.717, 1.165) is 43.4 Å². The molecule has 194 valence electrons. The normalized spacial score (nSPS) is 22.5. The molecule has 1 fully saturated rings. The van der Waals surface area contributed by atoms with Gasteiger partial charge in [-0.1, -0.05) is 24.4 Å². The number of thioether (sulfide) groups is 1. The predicted molar refractivity (Wildman–Crippen MR) is 136 cm³/mol. The van der Waals surface area contributed by atoms with E-state index in [1.165, 1.54) is 24.3 Å². The fourth-order valence-electron chi connectivity index (χ4n) is 4.82. The summed E-state index contributed by atoms with van der Waals surface area (Å²) in [6, 6.07) is 3.79. The van der Waals surface area contributed by atoms with E-state index in [9.17, 15) is 18.3 Å². The van der Waals surface area contributed by atoms with Crippen molar-refractivity contribution >= 4 is 17.5 Å². The maximum atomic E-state index is 14.5. The Labute approximate surface area is 214 Å². The first-order valence-corrected chi connectivity index (χ1v) is 13.1. The van der Waals surface area contributed by atoms with E-state index in [1.807, 2.05) is 11.5 Å². The van der Waals surface area contributed by atoms with Crippen LogP contribution in [0.25, 0.3) is 5.70 Å². The van der Waals surface area contributed by atoms with Crippen molar-refractivity contribution in [3.63, 3.8) is 0 Å². The van der Waals surface area contributed by atoms with Crippen molar-refractivity contribution in [2.45, 2.75) is 42.9 Å². The fourth-order valence-corrected chi connectivity index (χ4v) is 6.01. The zero-order chi connectivity index (χ0) is 25.9. The van der Waals surface area contributed by atoms with Gasteiger partial charge in [-0.3, -0.25) is 4.57 Å². The van der Waals surface area contributed by atoms with E-state index in [1.54, 1.807) is 24.0 Å². The number of aromatic nitrogens is 2. The number of nitrogens with zero attached hydrogens (tertiary/aromatic N) is 3. The van der Waals surface area contributed by atoms with Crippen LogP contribution in [0.2, 0.25) is 0 Å². The van der Waals surface area contributed by atoms with Gasteiger partial charge in [-0.15, -0.1) is 0 Å². The van der Waals surface area contributed by atoms with Crippen LogP contribution in [-0.4, -0.2) is 62.8 Å². The zero-order valence-corrected chi connectivity index (χ0v) is 21.2. The summed E-state index contributed by atoms with van der Waals surface area (Å²) in [5.74, 6) is -1.01. The standard InChI is InChI=1S/C27H32F3N3O2S/c1-18-3-5-21(28)7-10-27(2,20-4-6-23(29)24(30)13-20)25-14-31-26(33(18)25)36-17-19-8-11-32(12-9-19)15-22(35)16-34/h3-7,13-14,19,22,34-35H,1,8-12,15-17H2,2H3. The predicted octanol–water partition coefficient (Wildman–Crippen LogP) is 4.91. The number of fused-ring (bicyclic) bond motifs is 1. The number of aliphatic hydroxyl groups is 2. The molecule has 2 unspecified atom stereocenters. The molecule has 2 aromatic rings. The van der Waals surface area contributed by atoms with E-state index >= 15 is 0 Å². The van der Waals surface area contributed by atoms with Gasteiger partial charge in [0.15, 0.2) is 16.8 Å². The van der Waals surface area contributed by atoms with E-state index in [4.69, 9.17) is 5.11 Å². The van der Waals surface area contributed by atoms with Gasteiger partial charge in [0.05, 0.1) is 24.6 Å². The van der Waals surface area contributed by atoms with Gasteiger partial charge in [-0.05, 0) is 81.1 Å². The van der Waals surface area contributed by atoms with Crippen LogP contribution >= 0.6 is 11.8 Å². The third-order valence-corrected chi connectivity index (χ3v) is 8.30. The molecule has 1 aromatic carbocycles. The van der Waals surface area contributed by atoms with E-state index in [2.05, 4.69) is 16.5 Å². The largest absolute Gasteiger partial charge is 0.394 e. The topological polar surface area (TPSA) is 61.5 Å². The lowest BCUT2D eigenvalue weighted by Gasteiger charge is -2.33. The molecule has 0 bridgehead atoms. The molecule has 3 heterocycles. The Hall–Kier alpha value is -2.33. The highest BCUT2D eigenvalue weighted by atomic mass is 32.2. The summed E-state index contributed by atoms with van der Waals surface area (Å²) >= 11 is 1.60. The highest BCUT2D eigenvalue weighted by molar-refractivity contribution is 7.99. The van der Waals surface area contributed by atoms with Gasteiger partial charge < -0.3 is 15.1 Å². The van der Waals surface area contributed by atoms with Gasteiger partial charge in [0.2, 0.25) is 0 Å². The number of hydrogen-bond donors (Lipinski definition) is 2. The Kier molecular flexibility index (Phi) is 8.44. The minimum atomic E-state index is -0.950. The first kappa shape index (κ1) is 26.7. The second-order valence-corrected chi connectivity index (χ2v) is 10.7. The minimum absolute atomic E-state index is 0.232. The lowest BCUT2D eigenvalue weighted by molar-refractivity contribution is 0.0488. The molecule has 0 radical (unpaired) electrons. The third-order valence-electron chi connectivity index (χ3n) is 7.11. The van der Waals surface area contributed by atoms with Crippen molar-refractivity contribution in [1.82, 2.24) is 14.5 Å². The number of allylic oxidation sites excluding steroid dienone is 5. The van der Waals surface area contributed by atoms with Crippen LogP contribution in [-0.2, 0) is 5.41 Å². The summed E-state index contributed by atoms with van der Waals surface area (Å²) in [6.45, 7) is 7.97. The number of piperidine rings is 1. The Balaban J connectivity index is 1.58. The van der Waals surface area contributed by atoms with Gasteiger partial charge in [-0.25, -0.2) is 18.2 Å². The van der Waals surface area contributed by atoms with Crippen molar-refractivity contribution in [2.75, 3.05) is 32.0 Å². The molecule has 2 aliphatic rings. The molecule has 9 heteroatoms. The highest BCUT2D eigenvalue weighted by Gasteiger charge is 2.35. The first-order valence-electron chi connectivity index (χ1n) is 12.1. The van der Waals surface area contributed by atoms with Crippen LogP contribution in [0.1, 0.15) is 37.4 Å². The average Bonchev–Trinajstić information content (AvgIpc) is 3.32. The van der Waals surface area contributed by atoms with Crippen molar-refractivity contribution in [3.05, 3.63) is 77.9 Å². The molecule has 1 saturated heterocycles. The van der Waals surface area contributed by atoms with Crippen molar-refractivity contribution in [3.8, 4) is 0 Å². The number of likely N-dealkylation sites (tertiary alicyclic amines) is 1. The highest BCUT2D eigenvalue weighted by Crippen LogP contribution is 2.41. The van der Waals surface area contributed by atoms with Gasteiger partial charge >= 0.3 is 0 Å². The molecule has 5 nitrogen and oxygen atoms in total. The molecule has 36 heavy (non-hydrogen) atoms. The van der Waals surface area contributed by atoms with Crippen LogP contribution in [0.4, 0.5) is 13.2 Å². The summed E-state index contributed by atoms with van der Waals surface area (Å²) in [5, 5.41) is 19.5. The summed E-state index contributed by atoms with van der Waals surface area (Å²) in [7, 11) is 0. The molecule has 0 saturated carbocycles. The van der Waals surface area contributed by atoms with Gasteiger partial charge in [0, 0.05) is 23.4 Å². The number of aliphatic hydroxyl groups excluding tert-OH is 2. The molecule has 4 rings (SSSR count). The fraction of sp³-hybridized carbons (Fsp3) is 0.444. The molecular weight excluding hydrogens is 487 g/mol. The zero-order valence-electron chi connectivity index (χ0n) is 20.3. The van der Waals surface area contributed by atoms with Crippen molar-refractivity contribution in [2.24, 2.45) is 5.92 Å². The van der Waals surface area contributed by atoms with Gasteiger partial charge in [0.1, 0.15) is 5.83 Å². The lowest BCUT2D eigenvalue weighted by atomic mass is 9.76. The molecule has 0 spiro atoms. The Morgan fingerprint density at radius 2 is 1.94 bits per heavy atom. The number of halogens is 3. The second kappa shape index (κ2) is 11.4. The smallest absolute Gasteiger partial charge is 0.172 e. The van der Waals surface area contributed by atoms with Crippen LogP contribution in [0, 0.1) is 17.6 Å². The summed E-state index contributed by atoms with van der Waals surface area (Å²) in [5.41, 5.74) is 0.919. The summed E-state index contributed by atoms with van der Waals surface area (Å²) < 4.78 is 44.2. The van der Waals surface area contributed by atoms with E-state index in [0.29, 0.717) is 28.9 Å². The Bertz CT molecular complexity index is 1160. The van der Waals surface area contributed by atoms with Crippen LogP contribution < -0.4 is 0 Å². The maximum absolute atomic E-state index is 14.5. The molecule has 1 aromatic heterocycles. The molecule has 0 aliphatic carbocycles. The number of hydrogen-bond acceptors (Lipinski definition) is 5. The number of benzene rings is 1. The van der Waals surface area contributed by atoms with Gasteiger partial charge in [-0.2, -0.15) is 0 Å². The summed E-state index contributed by atoms with van der Waals surface area (Å²) in [4.78, 5) is 6.83. The molecule has 2 aliphatic heterocycles. The van der Waals surface area contributed by atoms with Crippen LogP contribution in [0.3, 0.4) is 0 Å². The molecular formula is C27H32F3N3O2S. The van der Waals surface area contributed by atoms with Crippen molar-refractivity contribution < 1.29 is 23.4 Å². The third kappa shape index (κ3) is 5.80. The van der Waals surface area contributed by atoms with Crippen LogP contribution in [0.15, 0.2) is 60.2 Å². The first-order chi connectivity index (χ1) is 17.2. The van der Waals surface area contributed by atoms with Gasteiger partial charge in [0.25, 0.3) is 0 Å².